The molecule has 0 spiro atoms. The number of nitrogens with one attached hydrogen (secondary N) is 1. The quantitative estimate of drug-likeness (QED) is 0.111. The summed E-state index contributed by atoms with van der Waals surface area (Å²) in [5, 5.41) is 4.14. The Balaban J connectivity index is 0.000000319. The largest absolute Gasteiger partial charge is 0.565 e. The first-order valence-corrected chi connectivity index (χ1v) is 15.0. The number of nitrogens with zero attached hydrogens (tertiary/aromatic N) is 2. The summed E-state index contributed by atoms with van der Waals surface area (Å²) in [5.74, 6) is 0.902. The van der Waals surface area contributed by atoms with Gasteiger partial charge in [0.15, 0.2) is 6.10 Å². The Morgan fingerprint density at radius 1 is 0.837 bits per heavy atom. The van der Waals surface area contributed by atoms with E-state index in [1.807, 2.05) is 66.7 Å². The molecule has 1 aromatic heterocycles. The topological polar surface area (TPSA) is 121 Å². The zero-order valence-corrected chi connectivity index (χ0v) is 27.4. The van der Waals surface area contributed by atoms with E-state index < -0.39 is 14.2 Å². The van der Waals surface area contributed by atoms with Crippen LogP contribution >= 0.6 is 8.07 Å². The maximum absolute atomic E-state index is 10.6. The van der Waals surface area contributed by atoms with Gasteiger partial charge in [-0.25, -0.2) is 11.8 Å². The molecule has 43 heavy (non-hydrogen) atoms. The molecular formula is C32H41N3NiO6P-. The minimum Gasteiger partial charge on any atom is -0.565 e. The van der Waals surface area contributed by atoms with E-state index in [9.17, 15) is 4.79 Å². The molecule has 0 aliphatic carbocycles. The Morgan fingerprint density at radius 2 is 1.33 bits per heavy atom. The normalized spacial score (nSPS) is 17.1. The molecule has 5 rings (SSSR count). The molecule has 0 amide bonds. The Kier molecular flexibility index (Phi) is 16.0. The van der Waals surface area contributed by atoms with Gasteiger partial charge in [0, 0.05) is 22.3 Å². The van der Waals surface area contributed by atoms with Gasteiger partial charge >= 0.3 is 12.3 Å². The molecule has 2 saturated heterocycles. The number of benzene rings is 2. The first kappa shape index (κ1) is 37.6. The second-order valence-corrected chi connectivity index (χ2v) is 15.4. The number of cyclic esters (lactones) is 2. The molecule has 11 heteroatoms. The molecular weight excluding hydrogens is 612 g/mol. The van der Waals surface area contributed by atoms with Gasteiger partial charge in [0.2, 0.25) is 0 Å². The van der Waals surface area contributed by atoms with Crippen molar-refractivity contribution in [2.45, 2.75) is 64.1 Å². The van der Waals surface area contributed by atoms with Gasteiger partial charge in [0.25, 0.3) is 0 Å². The van der Waals surface area contributed by atoms with Crippen molar-refractivity contribution in [3.05, 3.63) is 103 Å². The first-order valence-electron chi connectivity index (χ1n) is 13.5. The molecule has 3 heterocycles. The molecule has 236 valence electrons. The second-order valence-electron chi connectivity index (χ2n) is 11.4. The minimum atomic E-state index is -0.827. The molecule has 9 nitrogen and oxygen atoms in total. The third kappa shape index (κ3) is 14.1. The van der Waals surface area contributed by atoms with Crippen LogP contribution in [-0.4, -0.2) is 35.8 Å². The number of epoxide rings is 1. The number of pyridine rings is 1. The zero-order valence-electron chi connectivity index (χ0n) is 25.4. The Labute approximate surface area is 265 Å². The third-order valence-corrected chi connectivity index (χ3v) is 9.42. The van der Waals surface area contributed by atoms with E-state index >= 15 is 0 Å². The maximum atomic E-state index is 10.6. The van der Waals surface area contributed by atoms with Crippen molar-refractivity contribution in [1.29, 1.82) is 0 Å². The summed E-state index contributed by atoms with van der Waals surface area (Å²) in [6, 6.07) is 25.7. The summed E-state index contributed by atoms with van der Waals surface area (Å²) in [5.41, 5.74) is 2.95. The smallest absolute Gasteiger partial charge is 0.509 e. The molecule has 2 unspecified atom stereocenters. The first-order chi connectivity index (χ1) is 19.9. The van der Waals surface area contributed by atoms with Crippen LogP contribution in [0.1, 0.15) is 64.9 Å². The summed E-state index contributed by atoms with van der Waals surface area (Å²) >= 11 is 0. The fourth-order valence-electron chi connectivity index (χ4n) is 4.28. The molecule has 2 aliphatic heterocycles. The molecule has 2 atom stereocenters. The van der Waals surface area contributed by atoms with E-state index in [1.54, 1.807) is 0 Å². The van der Waals surface area contributed by atoms with Crippen LogP contribution in [0, 0.1) is 7.05 Å². The monoisotopic (exact) mass is 652 g/mol. The number of ether oxygens (including phenoxy) is 3. The predicted molar refractivity (Wildman–Crippen MR) is 164 cm³/mol. The molecule has 0 radical (unpaired) electrons. The van der Waals surface area contributed by atoms with Crippen LogP contribution in [0.25, 0.3) is 0 Å². The van der Waals surface area contributed by atoms with Crippen molar-refractivity contribution in [3.63, 3.8) is 0 Å². The summed E-state index contributed by atoms with van der Waals surface area (Å²) in [6.45, 7) is 15.0. The Morgan fingerprint density at radius 3 is 1.72 bits per heavy atom. The average molecular weight is 653 g/mol. The summed E-state index contributed by atoms with van der Waals surface area (Å²) < 4.78 is 14.6. The summed E-state index contributed by atoms with van der Waals surface area (Å²) in [4.78, 5) is 35.1. The van der Waals surface area contributed by atoms with Crippen molar-refractivity contribution < 1.29 is 45.1 Å². The molecule has 0 bridgehead atoms. The van der Waals surface area contributed by atoms with Crippen molar-refractivity contribution in [3.8, 4) is 0 Å². The van der Waals surface area contributed by atoms with Gasteiger partial charge in [0.1, 0.15) is 12.7 Å². The van der Waals surface area contributed by atoms with Crippen LogP contribution in [-0.2, 0) is 40.3 Å². The van der Waals surface area contributed by atoms with Crippen LogP contribution in [0.2, 0.25) is 0 Å². The van der Waals surface area contributed by atoms with Gasteiger partial charge in [-0.3, -0.25) is 0 Å². The summed E-state index contributed by atoms with van der Waals surface area (Å²) in [6.07, 6.45) is -0.145. The van der Waals surface area contributed by atoms with Gasteiger partial charge in [-0.15, -0.1) is 11.6 Å². The van der Waals surface area contributed by atoms with Crippen molar-refractivity contribution in [2.24, 2.45) is 4.99 Å². The fourth-order valence-corrected chi connectivity index (χ4v) is 7.67. The predicted octanol–water partition coefficient (Wildman–Crippen LogP) is 6.54. The van der Waals surface area contributed by atoms with E-state index in [0.717, 1.165) is 18.0 Å². The van der Waals surface area contributed by atoms with E-state index in [2.05, 4.69) is 80.5 Å². The van der Waals surface area contributed by atoms with E-state index in [4.69, 9.17) is 19.1 Å². The van der Waals surface area contributed by atoms with Crippen molar-refractivity contribution >= 4 is 26.2 Å². The molecule has 2 fully saturated rings. The van der Waals surface area contributed by atoms with E-state index in [0.29, 0.717) is 18.2 Å². The SMILES string of the molecule is O=C1OCC(c2ccccc2)O1.O=C=O.[CH2-]N=c1cccc(N[PH+](C(C)(C)C)C(C)(C)C)[n-]1.[Ni].c1ccc(C2CO2)cc1. The van der Waals surface area contributed by atoms with Crippen LogP contribution in [0.3, 0.4) is 0 Å². The van der Waals surface area contributed by atoms with Crippen LogP contribution < -0.4 is 15.6 Å². The van der Waals surface area contributed by atoms with Gasteiger partial charge in [-0.1, -0.05) is 72.8 Å². The Hall–Kier alpha value is -3.41. The molecule has 2 aliphatic rings. The van der Waals surface area contributed by atoms with Crippen molar-refractivity contribution in [2.75, 3.05) is 18.3 Å². The number of hydrogen-bond acceptors (Lipinski definition) is 8. The van der Waals surface area contributed by atoms with Crippen LogP contribution in [0.5, 0.6) is 0 Å². The van der Waals surface area contributed by atoms with Crippen molar-refractivity contribution in [1.82, 2.24) is 4.98 Å². The summed E-state index contributed by atoms with van der Waals surface area (Å²) in [7, 11) is 2.69. The molecule has 3 aromatic rings. The zero-order chi connectivity index (χ0) is 31.2. The standard InChI is InChI=1S/C14H24N3P.C9H8O3.C8H8O.CO2.Ni/c1-13(2,3)18(14(4,5)6)17-12-10-8-9-11(15-7)16-12;10-9-11-6-8(12-9)7-4-2-1-3-5-7;1-2-4-7(5-3-1)8-6-9-8;2-1-3;/h8-10H,7H2,1-6H3,(H-,15,16,17);1-5,8H,6H2;1-5,8H,6H2;;/q-2;;;;/p+1. The average Bonchev–Trinajstić information content (AvgIpc) is 3.73. The molecule has 1 N–H and O–H groups in total. The number of hydrogen-bond donors (Lipinski definition) is 1. The van der Waals surface area contributed by atoms with E-state index in [-0.39, 0.29) is 39.1 Å². The maximum Gasteiger partial charge on any atom is 0.509 e. The van der Waals surface area contributed by atoms with Crippen LogP contribution in [0.4, 0.5) is 10.6 Å². The minimum absolute atomic E-state index is 0. The molecule has 2 aromatic carbocycles. The Bertz CT molecular complexity index is 1320. The fraction of sp³-hybridized carbons (Fsp3) is 0.375. The van der Waals surface area contributed by atoms with Gasteiger partial charge in [-0.05, 0) is 52.7 Å². The number of carbonyl (C=O) groups excluding carboxylic acids is 3. The van der Waals surface area contributed by atoms with Gasteiger partial charge in [-0.2, -0.15) is 9.59 Å². The number of anilines is 1. The second kappa shape index (κ2) is 18.3. The third-order valence-electron chi connectivity index (χ3n) is 5.92. The number of carbonyl (C=O) groups is 1. The number of aromatic nitrogens is 1. The number of rotatable bonds is 4. The van der Waals surface area contributed by atoms with Crippen LogP contribution in [0.15, 0.2) is 83.9 Å². The molecule has 0 saturated carbocycles. The van der Waals surface area contributed by atoms with E-state index in [1.165, 1.54) is 5.56 Å². The van der Waals surface area contributed by atoms with Gasteiger partial charge in [0.05, 0.1) is 25.0 Å². The van der Waals surface area contributed by atoms with Gasteiger partial charge < -0.3 is 29.3 Å².